The maximum atomic E-state index is 12.1. The molecule has 8 heteroatoms. The number of morpholine rings is 1. The standard InChI is InChI=1S/C15H24F2N4O2/c1-11(2)21-6-5-18-13(21)10-20-7-8-23-12(9-20)3-4-19-15(22)14(16)17/h5-6,11-12,14H,3-4,7-10H2,1-2H3,(H,19,22)/t12-/m0/s1. The second-order valence-electron chi connectivity index (χ2n) is 5.95. The van der Waals surface area contributed by atoms with Crippen LogP contribution in [-0.2, 0) is 16.1 Å². The minimum Gasteiger partial charge on any atom is -0.375 e. The molecule has 0 radical (unpaired) electrons. The second-order valence-corrected chi connectivity index (χ2v) is 5.95. The summed E-state index contributed by atoms with van der Waals surface area (Å²) in [5.74, 6) is -0.219. The molecule has 0 aromatic carbocycles. The van der Waals surface area contributed by atoms with Gasteiger partial charge in [-0.2, -0.15) is 8.78 Å². The molecule has 23 heavy (non-hydrogen) atoms. The van der Waals surface area contributed by atoms with E-state index in [2.05, 4.69) is 33.6 Å². The predicted molar refractivity (Wildman–Crippen MR) is 81.3 cm³/mol. The monoisotopic (exact) mass is 330 g/mol. The Labute approximate surface area is 134 Å². The molecule has 130 valence electrons. The van der Waals surface area contributed by atoms with E-state index in [1.54, 1.807) is 6.20 Å². The first kappa shape index (κ1) is 17.8. The number of nitrogens with one attached hydrogen (secondary N) is 1. The van der Waals surface area contributed by atoms with E-state index in [0.29, 0.717) is 25.6 Å². The number of imidazole rings is 1. The topological polar surface area (TPSA) is 59.4 Å². The van der Waals surface area contributed by atoms with E-state index in [-0.39, 0.29) is 12.6 Å². The first-order valence-corrected chi connectivity index (χ1v) is 7.89. The number of ether oxygens (including phenoxy) is 1. The molecular weight excluding hydrogens is 306 g/mol. The Morgan fingerprint density at radius 3 is 3.00 bits per heavy atom. The van der Waals surface area contributed by atoms with Crippen LogP contribution in [0.3, 0.4) is 0 Å². The van der Waals surface area contributed by atoms with Crippen LogP contribution in [0.25, 0.3) is 0 Å². The number of carbonyl (C=O) groups is 1. The molecule has 0 spiro atoms. The first-order chi connectivity index (χ1) is 11.0. The first-order valence-electron chi connectivity index (χ1n) is 7.89. The average Bonchev–Trinajstić information content (AvgIpc) is 2.95. The smallest absolute Gasteiger partial charge is 0.315 e. The molecule has 6 nitrogen and oxygen atoms in total. The van der Waals surface area contributed by atoms with Gasteiger partial charge in [-0.15, -0.1) is 0 Å². The molecule has 1 N–H and O–H groups in total. The fraction of sp³-hybridized carbons (Fsp3) is 0.733. The Morgan fingerprint density at radius 2 is 2.30 bits per heavy atom. The molecule has 1 aromatic heterocycles. The van der Waals surface area contributed by atoms with Crippen LogP contribution in [0.1, 0.15) is 32.1 Å². The van der Waals surface area contributed by atoms with Crippen LogP contribution in [0, 0.1) is 0 Å². The Kier molecular flexibility index (Phi) is 6.47. The molecular formula is C15H24F2N4O2. The zero-order valence-electron chi connectivity index (χ0n) is 13.5. The summed E-state index contributed by atoms with van der Waals surface area (Å²) < 4.78 is 32.0. The quantitative estimate of drug-likeness (QED) is 0.822. The van der Waals surface area contributed by atoms with Crippen LogP contribution >= 0.6 is 0 Å². The lowest BCUT2D eigenvalue weighted by Crippen LogP contribution is -2.44. The number of aromatic nitrogens is 2. The number of hydrogen-bond donors (Lipinski definition) is 1. The van der Waals surface area contributed by atoms with Crippen LogP contribution in [0.2, 0.25) is 0 Å². The van der Waals surface area contributed by atoms with Gasteiger partial charge in [0.25, 0.3) is 5.91 Å². The van der Waals surface area contributed by atoms with Crippen molar-refractivity contribution in [1.29, 1.82) is 0 Å². The second kappa shape index (κ2) is 8.35. The highest BCUT2D eigenvalue weighted by molar-refractivity contribution is 5.78. The van der Waals surface area contributed by atoms with Gasteiger partial charge >= 0.3 is 6.43 Å². The van der Waals surface area contributed by atoms with E-state index >= 15 is 0 Å². The van der Waals surface area contributed by atoms with Gasteiger partial charge in [-0.3, -0.25) is 9.69 Å². The fourth-order valence-electron chi connectivity index (χ4n) is 2.67. The van der Waals surface area contributed by atoms with Gasteiger partial charge in [-0.25, -0.2) is 4.98 Å². The number of hydrogen-bond acceptors (Lipinski definition) is 4. The molecule has 0 saturated carbocycles. The van der Waals surface area contributed by atoms with Crippen molar-refractivity contribution in [2.45, 2.75) is 45.4 Å². The zero-order chi connectivity index (χ0) is 16.8. The lowest BCUT2D eigenvalue weighted by molar-refractivity contribution is -0.131. The van der Waals surface area contributed by atoms with Crippen LogP contribution in [0.4, 0.5) is 8.78 Å². The number of rotatable bonds is 7. The van der Waals surface area contributed by atoms with Crippen LogP contribution < -0.4 is 5.32 Å². The van der Waals surface area contributed by atoms with Crippen molar-refractivity contribution in [2.75, 3.05) is 26.2 Å². The highest BCUT2D eigenvalue weighted by Gasteiger charge is 2.22. The summed E-state index contributed by atoms with van der Waals surface area (Å²) in [6.45, 7) is 7.25. The van der Waals surface area contributed by atoms with E-state index in [1.807, 2.05) is 6.20 Å². The van der Waals surface area contributed by atoms with E-state index in [0.717, 1.165) is 18.9 Å². The number of carbonyl (C=O) groups excluding carboxylic acids is 1. The Hall–Kier alpha value is -1.54. The largest absolute Gasteiger partial charge is 0.375 e. The van der Waals surface area contributed by atoms with Gasteiger partial charge in [0, 0.05) is 38.1 Å². The third kappa shape index (κ3) is 5.24. The van der Waals surface area contributed by atoms with Crippen molar-refractivity contribution in [3.8, 4) is 0 Å². The minimum atomic E-state index is -2.96. The van der Waals surface area contributed by atoms with Crippen molar-refractivity contribution in [2.24, 2.45) is 0 Å². The summed E-state index contributed by atoms with van der Waals surface area (Å²) >= 11 is 0. The number of alkyl halides is 2. The van der Waals surface area contributed by atoms with Crippen molar-refractivity contribution in [3.05, 3.63) is 18.2 Å². The van der Waals surface area contributed by atoms with Crippen LogP contribution in [-0.4, -0.2) is 59.1 Å². The summed E-state index contributed by atoms with van der Waals surface area (Å²) in [6, 6.07) is 0.355. The maximum absolute atomic E-state index is 12.1. The summed E-state index contributed by atoms with van der Waals surface area (Å²) in [5, 5.41) is 2.21. The molecule has 2 heterocycles. The number of amides is 1. The van der Waals surface area contributed by atoms with Crippen molar-refractivity contribution in [3.63, 3.8) is 0 Å². The van der Waals surface area contributed by atoms with Crippen molar-refractivity contribution >= 4 is 5.91 Å². The highest BCUT2D eigenvalue weighted by atomic mass is 19.3. The van der Waals surface area contributed by atoms with Gasteiger partial charge in [-0.1, -0.05) is 0 Å². The Bertz CT molecular complexity index is 507. The van der Waals surface area contributed by atoms with Gasteiger partial charge in [0.05, 0.1) is 19.3 Å². The zero-order valence-corrected chi connectivity index (χ0v) is 13.5. The van der Waals surface area contributed by atoms with E-state index < -0.39 is 12.3 Å². The molecule has 0 aliphatic carbocycles. The van der Waals surface area contributed by atoms with Crippen molar-refractivity contribution < 1.29 is 18.3 Å². The Balaban J connectivity index is 1.79. The molecule has 1 atom stereocenters. The van der Waals surface area contributed by atoms with Crippen LogP contribution in [0.15, 0.2) is 12.4 Å². The van der Waals surface area contributed by atoms with Crippen molar-refractivity contribution in [1.82, 2.24) is 19.8 Å². The van der Waals surface area contributed by atoms with Gasteiger partial charge in [0.1, 0.15) is 5.82 Å². The third-order valence-corrected chi connectivity index (χ3v) is 3.86. The molecule has 1 aromatic rings. The molecule has 2 rings (SSSR count). The Morgan fingerprint density at radius 1 is 1.52 bits per heavy atom. The average molecular weight is 330 g/mol. The molecule has 1 fully saturated rings. The molecule has 1 aliphatic heterocycles. The molecule has 1 amide bonds. The van der Waals surface area contributed by atoms with Gasteiger partial charge < -0.3 is 14.6 Å². The lowest BCUT2D eigenvalue weighted by atomic mass is 10.2. The van der Waals surface area contributed by atoms with Gasteiger partial charge in [-0.05, 0) is 20.3 Å². The molecule has 1 aliphatic rings. The summed E-state index contributed by atoms with van der Waals surface area (Å²) in [5.41, 5.74) is 0. The van der Waals surface area contributed by atoms with Gasteiger partial charge in [0.2, 0.25) is 0 Å². The SMILES string of the molecule is CC(C)n1ccnc1CN1CCO[C@@H](CCNC(=O)C(F)F)C1. The normalized spacial score (nSPS) is 19.5. The van der Waals surface area contributed by atoms with E-state index in [9.17, 15) is 13.6 Å². The summed E-state index contributed by atoms with van der Waals surface area (Å²) in [6.07, 6.45) is 1.26. The third-order valence-electron chi connectivity index (χ3n) is 3.86. The summed E-state index contributed by atoms with van der Waals surface area (Å²) in [7, 11) is 0. The molecule has 0 unspecified atom stereocenters. The predicted octanol–water partition coefficient (Wildman–Crippen LogP) is 1.44. The van der Waals surface area contributed by atoms with E-state index in [4.69, 9.17) is 4.74 Å². The lowest BCUT2D eigenvalue weighted by Gasteiger charge is -2.33. The molecule has 0 bridgehead atoms. The maximum Gasteiger partial charge on any atom is 0.315 e. The van der Waals surface area contributed by atoms with E-state index in [1.165, 1.54) is 0 Å². The number of nitrogens with zero attached hydrogens (tertiary/aromatic N) is 3. The van der Waals surface area contributed by atoms with Gasteiger partial charge in [0.15, 0.2) is 0 Å². The van der Waals surface area contributed by atoms with Crippen LogP contribution in [0.5, 0.6) is 0 Å². The fourth-order valence-corrected chi connectivity index (χ4v) is 2.67. The minimum absolute atomic E-state index is 0.0656. The summed E-state index contributed by atoms with van der Waals surface area (Å²) in [4.78, 5) is 17.5. The molecule has 1 saturated heterocycles. The highest BCUT2D eigenvalue weighted by Crippen LogP contribution is 2.14. The number of halogens is 2.